The summed E-state index contributed by atoms with van der Waals surface area (Å²) in [5, 5.41) is 3.03. The molecule has 0 saturated heterocycles. The van der Waals surface area contributed by atoms with Crippen LogP contribution < -0.4 is 5.32 Å². The van der Waals surface area contributed by atoms with E-state index in [1.165, 1.54) is 0 Å². The number of aryl methyl sites for hydroxylation is 2. The standard InChI is InChI=1S/C11H17N3O2/c1-4-16-11(15)5-6-12-10-7-13-8(2)9(3)14-10/h7H,4-6H2,1-3H3,(H,12,14). The molecule has 0 aromatic carbocycles. The van der Waals surface area contributed by atoms with Crippen molar-refractivity contribution in [2.45, 2.75) is 27.2 Å². The Morgan fingerprint density at radius 3 is 2.81 bits per heavy atom. The van der Waals surface area contributed by atoms with Crippen LogP contribution in [0.3, 0.4) is 0 Å². The normalized spacial score (nSPS) is 9.94. The lowest BCUT2D eigenvalue weighted by Gasteiger charge is -2.06. The molecule has 1 aromatic rings. The van der Waals surface area contributed by atoms with E-state index in [1.807, 2.05) is 13.8 Å². The molecular formula is C11H17N3O2. The molecule has 88 valence electrons. The number of rotatable bonds is 5. The molecule has 0 bridgehead atoms. The van der Waals surface area contributed by atoms with Crippen molar-refractivity contribution in [2.75, 3.05) is 18.5 Å². The Kier molecular flexibility index (Phi) is 4.69. The van der Waals surface area contributed by atoms with Crippen molar-refractivity contribution < 1.29 is 9.53 Å². The first-order valence-corrected chi connectivity index (χ1v) is 5.33. The fraction of sp³-hybridized carbons (Fsp3) is 0.545. The van der Waals surface area contributed by atoms with Gasteiger partial charge in [0.1, 0.15) is 5.82 Å². The minimum absolute atomic E-state index is 0.202. The van der Waals surface area contributed by atoms with E-state index in [4.69, 9.17) is 4.74 Å². The molecule has 16 heavy (non-hydrogen) atoms. The quantitative estimate of drug-likeness (QED) is 0.765. The fourth-order valence-electron chi connectivity index (χ4n) is 1.15. The van der Waals surface area contributed by atoms with Gasteiger partial charge in [-0.2, -0.15) is 0 Å². The van der Waals surface area contributed by atoms with Gasteiger partial charge in [-0.05, 0) is 20.8 Å². The molecule has 0 aliphatic heterocycles. The van der Waals surface area contributed by atoms with Crippen LogP contribution in [0.5, 0.6) is 0 Å². The number of hydrogen-bond acceptors (Lipinski definition) is 5. The third-order valence-corrected chi connectivity index (χ3v) is 2.13. The highest BCUT2D eigenvalue weighted by atomic mass is 16.5. The van der Waals surface area contributed by atoms with E-state index in [1.54, 1.807) is 13.1 Å². The summed E-state index contributed by atoms with van der Waals surface area (Å²) in [5.41, 5.74) is 1.80. The zero-order valence-corrected chi connectivity index (χ0v) is 9.91. The predicted octanol–water partition coefficient (Wildman–Crippen LogP) is 1.46. The summed E-state index contributed by atoms with van der Waals surface area (Å²) >= 11 is 0. The summed E-state index contributed by atoms with van der Waals surface area (Å²) in [6.07, 6.45) is 2.00. The van der Waals surface area contributed by atoms with E-state index >= 15 is 0 Å². The van der Waals surface area contributed by atoms with Crippen LogP contribution >= 0.6 is 0 Å². The van der Waals surface area contributed by atoms with E-state index in [0.29, 0.717) is 25.4 Å². The van der Waals surface area contributed by atoms with Gasteiger partial charge in [0.25, 0.3) is 0 Å². The van der Waals surface area contributed by atoms with Gasteiger partial charge in [-0.1, -0.05) is 0 Å². The molecule has 0 saturated carbocycles. The number of nitrogens with zero attached hydrogens (tertiary/aromatic N) is 2. The van der Waals surface area contributed by atoms with Crippen LogP contribution in [0.1, 0.15) is 24.7 Å². The van der Waals surface area contributed by atoms with Crippen molar-refractivity contribution in [3.63, 3.8) is 0 Å². The Bertz CT molecular complexity index is 366. The first-order chi connectivity index (χ1) is 7.63. The van der Waals surface area contributed by atoms with Crippen LogP contribution in [0.15, 0.2) is 6.20 Å². The van der Waals surface area contributed by atoms with Crippen molar-refractivity contribution >= 4 is 11.8 Å². The summed E-state index contributed by atoms with van der Waals surface area (Å²) in [6, 6.07) is 0. The van der Waals surface area contributed by atoms with Crippen molar-refractivity contribution in [3.05, 3.63) is 17.6 Å². The molecule has 0 atom stereocenters. The first-order valence-electron chi connectivity index (χ1n) is 5.33. The molecule has 5 nitrogen and oxygen atoms in total. The van der Waals surface area contributed by atoms with Gasteiger partial charge in [-0.3, -0.25) is 9.78 Å². The highest BCUT2D eigenvalue weighted by Crippen LogP contribution is 2.05. The number of anilines is 1. The number of carbonyl (C=O) groups excluding carboxylic acids is 1. The second kappa shape index (κ2) is 6.05. The number of esters is 1. The second-order valence-corrected chi connectivity index (χ2v) is 3.41. The van der Waals surface area contributed by atoms with E-state index in [9.17, 15) is 4.79 Å². The van der Waals surface area contributed by atoms with Gasteiger partial charge in [-0.25, -0.2) is 4.98 Å². The van der Waals surface area contributed by atoms with Crippen molar-refractivity contribution in [1.82, 2.24) is 9.97 Å². The van der Waals surface area contributed by atoms with E-state index < -0.39 is 0 Å². The van der Waals surface area contributed by atoms with Gasteiger partial charge in [0.2, 0.25) is 0 Å². The Labute approximate surface area is 95.3 Å². The number of nitrogens with one attached hydrogen (secondary N) is 1. The zero-order chi connectivity index (χ0) is 12.0. The monoisotopic (exact) mass is 223 g/mol. The number of aromatic nitrogens is 2. The molecule has 1 aromatic heterocycles. The summed E-state index contributed by atoms with van der Waals surface area (Å²) in [5.74, 6) is 0.485. The molecule has 1 rings (SSSR count). The summed E-state index contributed by atoms with van der Waals surface area (Å²) in [6.45, 7) is 6.53. The molecule has 1 N–H and O–H groups in total. The fourth-order valence-corrected chi connectivity index (χ4v) is 1.15. The Morgan fingerprint density at radius 2 is 2.19 bits per heavy atom. The smallest absolute Gasteiger partial charge is 0.307 e. The highest BCUT2D eigenvalue weighted by molar-refractivity contribution is 5.69. The van der Waals surface area contributed by atoms with Crippen LogP contribution in [0, 0.1) is 13.8 Å². The number of ether oxygens (including phenoxy) is 1. The van der Waals surface area contributed by atoms with Crippen LogP contribution in [0.25, 0.3) is 0 Å². The molecule has 5 heteroatoms. The SMILES string of the molecule is CCOC(=O)CCNc1cnc(C)c(C)n1. The third-order valence-electron chi connectivity index (χ3n) is 2.13. The van der Waals surface area contributed by atoms with E-state index in [-0.39, 0.29) is 5.97 Å². The zero-order valence-electron chi connectivity index (χ0n) is 9.91. The van der Waals surface area contributed by atoms with Crippen LogP contribution in [-0.2, 0) is 9.53 Å². The maximum Gasteiger partial charge on any atom is 0.307 e. The molecule has 0 unspecified atom stereocenters. The Morgan fingerprint density at radius 1 is 1.44 bits per heavy atom. The van der Waals surface area contributed by atoms with Crippen molar-refractivity contribution in [1.29, 1.82) is 0 Å². The molecule has 1 heterocycles. The molecule has 0 aliphatic rings. The van der Waals surface area contributed by atoms with Gasteiger partial charge in [-0.15, -0.1) is 0 Å². The van der Waals surface area contributed by atoms with E-state index in [2.05, 4.69) is 15.3 Å². The average molecular weight is 223 g/mol. The largest absolute Gasteiger partial charge is 0.466 e. The predicted molar refractivity (Wildman–Crippen MR) is 61.2 cm³/mol. The number of carbonyl (C=O) groups is 1. The highest BCUT2D eigenvalue weighted by Gasteiger charge is 2.02. The lowest BCUT2D eigenvalue weighted by atomic mass is 10.3. The van der Waals surface area contributed by atoms with Crippen molar-refractivity contribution in [2.24, 2.45) is 0 Å². The minimum Gasteiger partial charge on any atom is -0.466 e. The third kappa shape index (κ3) is 3.84. The van der Waals surface area contributed by atoms with Gasteiger partial charge < -0.3 is 10.1 Å². The van der Waals surface area contributed by atoms with Crippen LogP contribution in [0.2, 0.25) is 0 Å². The van der Waals surface area contributed by atoms with Gasteiger partial charge in [0.05, 0.1) is 30.6 Å². The summed E-state index contributed by atoms with van der Waals surface area (Å²) in [7, 11) is 0. The molecule has 0 amide bonds. The molecule has 0 aliphatic carbocycles. The average Bonchev–Trinajstić information content (AvgIpc) is 2.24. The maximum absolute atomic E-state index is 11.1. The Balaban J connectivity index is 2.37. The van der Waals surface area contributed by atoms with Gasteiger partial charge in [0.15, 0.2) is 0 Å². The first kappa shape index (κ1) is 12.4. The topological polar surface area (TPSA) is 64.1 Å². The minimum atomic E-state index is -0.202. The molecule has 0 fully saturated rings. The second-order valence-electron chi connectivity index (χ2n) is 3.41. The van der Waals surface area contributed by atoms with Gasteiger partial charge >= 0.3 is 5.97 Å². The number of hydrogen-bond donors (Lipinski definition) is 1. The molecule has 0 radical (unpaired) electrons. The molecule has 0 spiro atoms. The van der Waals surface area contributed by atoms with Crippen LogP contribution in [0.4, 0.5) is 5.82 Å². The summed E-state index contributed by atoms with van der Waals surface area (Å²) in [4.78, 5) is 19.5. The summed E-state index contributed by atoms with van der Waals surface area (Å²) < 4.78 is 4.81. The lowest BCUT2D eigenvalue weighted by molar-refractivity contribution is -0.142. The lowest BCUT2D eigenvalue weighted by Crippen LogP contribution is -2.12. The maximum atomic E-state index is 11.1. The van der Waals surface area contributed by atoms with Gasteiger partial charge in [0, 0.05) is 6.54 Å². The van der Waals surface area contributed by atoms with Crippen molar-refractivity contribution in [3.8, 4) is 0 Å². The van der Waals surface area contributed by atoms with E-state index in [0.717, 1.165) is 11.4 Å². The Hall–Kier alpha value is -1.65. The molecular weight excluding hydrogens is 206 g/mol. The van der Waals surface area contributed by atoms with Crippen LogP contribution in [-0.4, -0.2) is 29.1 Å².